The van der Waals surface area contributed by atoms with Gasteiger partial charge in [-0.2, -0.15) is 0 Å². The van der Waals surface area contributed by atoms with Crippen LogP contribution in [0.1, 0.15) is 15.9 Å². The van der Waals surface area contributed by atoms with E-state index in [-0.39, 0.29) is 16.5 Å². The average molecular weight is 352 g/mol. The zero-order valence-electron chi connectivity index (χ0n) is 12.9. The second-order valence-electron chi connectivity index (χ2n) is 5.32. The Labute approximate surface area is 143 Å². The first kappa shape index (κ1) is 16.4. The van der Waals surface area contributed by atoms with Gasteiger partial charge >= 0.3 is 5.97 Å². The van der Waals surface area contributed by atoms with E-state index in [1.165, 1.54) is 6.07 Å². The molecule has 7 heteroatoms. The molecule has 0 saturated heterocycles. The van der Waals surface area contributed by atoms with Crippen LogP contribution < -0.4 is 14.4 Å². The number of hydrogen-bond donors (Lipinski definition) is 1. The smallest absolute Gasteiger partial charge is 0.341 e. The minimum Gasteiger partial charge on any atom is -0.497 e. The third kappa shape index (κ3) is 2.97. The van der Waals surface area contributed by atoms with Crippen molar-refractivity contribution in [1.29, 1.82) is 0 Å². The maximum atomic E-state index is 14.2. The van der Waals surface area contributed by atoms with Crippen molar-refractivity contribution in [2.75, 3.05) is 25.2 Å². The van der Waals surface area contributed by atoms with Gasteiger partial charge in [0.15, 0.2) is 5.82 Å². The third-order valence-electron chi connectivity index (χ3n) is 3.84. The Kier molecular flexibility index (Phi) is 4.49. The van der Waals surface area contributed by atoms with Gasteiger partial charge in [0.25, 0.3) is 0 Å². The Balaban J connectivity index is 2.01. The summed E-state index contributed by atoms with van der Waals surface area (Å²) < 4.78 is 24.8. The predicted octanol–water partition coefficient (Wildman–Crippen LogP) is 3.58. The zero-order valence-corrected chi connectivity index (χ0v) is 13.6. The van der Waals surface area contributed by atoms with Gasteiger partial charge in [-0.05, 0) is 17.7 Å². The number of carboxylic acid groups (broad SMARTS) is 1. The van der Waals surface area contributed by atoms with Crippen molar-refractivity contribution < 1.29 is 23.8 Å². The lowest BCUT2D eigenvalue weighted by atomic mass is 10.1. The summed E-state index contributed by atoms with van der Waals surface area (Å²) in [5, 5.41) is 9.13. The molecule has 1 heterocycles. The summed E-state index contributed by atoms with van der Waals surface area (Å²) in [5.41, 5.74) is 0.688. The number of hydrogen-bond acceptors (Lipinski definition) is 4. The molecule has 0 fully saturated rings. The molecule has 126 valence electrons. The number of ether oxygens (including phenoxy) is 2. The van der Waals surface area contributed by atoms with Crippen molar-refractivity contribution in [2.45, 2.75) is 6.54 Å². The molecular formula is C17H15ClFNO4. The van der Waals surface area contributed by atoms with Gasteiger partial charge < -0.3 is 19.5 Å². The van der Waals surface area contributed by atoms with Crippen LogP contribution >= 0.6 is 11.6 Å². The van der Waals surface area contributed by atoms with Crippen LogP contribution in [0.15, 0.2) is 30.3 Å². The zero-order chi connectivity index (χ0) is 17.3. The quantitative estimate of drug-likeness (QED) is 0.912. The topological polar surface area (TPSA) is 59.0 Å². The van der Waals surface area contributed by atoms with Crippen LogP contribution in [0, 0.1) is 5.82 Å². The van der Waals surface area contributed by atoms with Crippen molar-refractivity contribution >= 4 is 23.3 Å². The van der Waals surface area contributed by atoms with Crippen LogP contribution in [-0.4, -0.2) is 31.3 Å². The van der Waals surface area contributed by atoms with E-state index in [1.54, 1.807) is 12.0 Å². The van der Waals surface area contributed by atoms with E-state index in [0.717, 1.165) is 11.3 Å². The lowest BCUT2D eigenvalue weighted by Crippen LogP contribution is -2.34. The second kappa shape index (κ2) is 6.57. The summed E-state index contributed by atoms with van der Waals surface area (Å²) in [6.45, 7) is 1.23. The second-order valence-corrected chi connectivity index (χ2v) is 5.72. The minimum atomic E-state index is -1.38. The highest BCUT2D eigenvalue weighted by Crippen LogP contribution is 2.40. The van der Waals surface area contributed by atoms with Crippen LogP contribution in [0.2, 0.25) is 5.02 Å². The Hall–Kier alpha value is -2.47. The number of halogens is 2. The number of anilines is 1. The Morgan fingerprint density at radius 1 is 1.42 bits per heavy atom. The standard InChI is InChI=1S/C17H15ClFNO4/c1-23-11-4-2-10(3-5-11)9-20-6-7-24-13-8-12(18)15(19)14(16(13)20)17(21)22/h2-5,8H,6-7,9H2,1H3,(H,21,22). The fourth-order valence-electron chi connectivity index (χ4n) is 2.70. The molecule has 2 aromatic rings. The number of carboxylic acids is 1. The summed E-state index contributed by atoms with van der Waals surface area (Å²) in [7, 11) is 1.58. The van der Waals surface area contributed by atoms with E-state index in [9.17, 15) is 14.3 Å². The van der Waals surface area contributed by atoms with Gasteiger partial charge in [-0.25, -0.2) is 9.18 Å². The molecule has 0 aliphatic carbocycles. The number of aromatic carboxylic acids is 1. The van der Waals surface area contributed by atoms with E-state index in [1.807, 2.05) is 24.3 Å². The molecule has 0 unspecified atom stereocenters. The molecule has 0 atom stereocenters. The van der Waals surface area contributed by atoms with E-state index < -0.39 is 17.3 Å². The number of fused-ring (bicyclic) bond motifs is 1. The summed E-state index contributed by atoms with van der Waals surface area (Å²) in [6.07, 6.45) is 0. The molecule has 0 saturated carbocycles. The molecule has 1 aliphatic heterocycles. The highest BCUT2D eigenvalue weighted by Gasteiger charge is 2.30. The van der Waals surface area contributed by atoms with Crippen molar-refractivity contribution in [2.24, 2.45) is 0 Å². The minimum absolute atomic E-state index is 0.214. The van der Waals surface area contributed by atoms with E-state index in [4.69, 9.17) is 21.1 Å². The number of carbonyl (C=O) groups is 1. The fraction of sp³-hybridized carbons (Fsp3) is 0.235. The first-order chi connectivity index (χ1) is 11.5. The molecule has 0 amide bonds. The number of methoxy groups -OCH3 is 1. The van der Waals surface area contributed by atoms with Crippen LogP contribution in [0.5, 0.6) is 11.5 Å². The van der Waals surface area contributed by atoms with Gasteiger partial charge in [0.05, 0.1) is 24.4 Å². The van der Waals surface area contributed by atoms with Gasteiger partial charge in [0.2, 0.25) is 0 Å². The van der Waals surface area contributed by atoms with E-state index >= 15 is 0 Å². The Morgan fingerprint density at radius 2 is 2.12 bits per heavy atom. The van der Waals surface area contributed by atoms with E-state index in [0.29, 0.717) is 19.7 Å². The van der Waals surface area contributed by atoms with Crippen LogP contribution in [0.3, 0.4) is 0 Å². The Bertz CT molecular complexity index is 779. The normalized spacial score (nSPS) is 13.2. The SMILES string of the molecule is COc1ccc(CN2CCOc3cc(Cl)c(F)c(C(=O)O)c32)cc1. The molecule has 2 aromatic carbocycles. The molecular weight excluding hydrogens is 337 g/mol. The summed E-state index contributed by atoms with van der Waals surface area (Å²) in [4.78, 5) is 13.3. The van der Waals surface area contributed by atoms with Gasteiger partial charge in [-0.15, -0.1) is 0 Å². The van der Waals surface area contributed by atoms with Crippen molar-refractivity contribution in [3.8, 4) is 11.5 Å². The maximum Gasteiger partial charge on any atom is 0.341 e. The third-order valence-corrected chi connectivity index (χ3v) is 4.11. The molecule has 3 rings (SSSR count). The van der Waals surface area contributed by atoms with E-state index in [2.05, 4.69) is 0 Å². The van der Waals surface area contributed by atoms with Gasteiger partial charge in [-0.1, -0.05) is 23.7 Å². The summed E-state index contributed by atoms with van der Waals surface area (Å²) >= 11 is 5.79. The Morgan fingerprint density at radius 3 is 2.75 bits per heavy atom. The van der Waals surface area contributed by atoms with Crippen LogP contribution in [0.4, 0.5) is 10.1 Å². The number of benzene rings is 2. The van der Waals surface area contributed by atoms with Crippen molar-refractivity contribution in [3.05, 3.63) is 52.3 Å². The molecule has 0 bridgehead atoms. The average Bonchev–Trinajstić information content (AvgIpc) is 2.57. The molecule has 24 heavy (non-hydrogen) atoms. The predicted molar refractivity (Wildman–Crippen MR) is 87.9 cm³/mol. The van der Waals surface area contributed by atoms with Gasteiger partial charge in [-0.3, -0.25) is 0 Å². The molecule has 0 aromatic heterocycles. The van der Waals surface area contributed by atoms with Crippen LogP contribution in [-0.2, 0) is 6.54 Å². The lowest BCUT2D eigenvalue weighted by molar-refractivity contribution is 0.0691. The summed E-state index contributed by atoms with van der Waals surface area (Å²) in [6, 6.07) is 8.70. The molecule has 0 radical (unpaired) electrons. The van der Waals surface area contributed by atoms with Gasteiger partial charge in [0.1, 0.15) is 23.7 Å². The highest BCUT2D eigenvalue weighted by molar-refractivity contribution is 6.31. The molecule has 1 aliphatic rings. The van der Waals surface area contributed by atoms with Gasteiger partial charge in [0, 0.05) is 12.6 Å². The summed E-state index contributed by atoms with van der Waals surface area (Å²) in [5.74, 6) is -1.33. The first-order valence-corrected chi connectivity index (χ1v) is 7.65. The lowest BCUT2D eigenvalue weighted by Gasteiger charge is -2.32. The number of nitrogens with zero attached hydrogens (tertiary/aromatic N) is 1. The highest BCUT2D eigenvalue weighted by atomic mass is 35.5. The molecule has 0 spiro atoms. The first-order valence-electron chi connectivity index (χ1n) is 7.27. The van der Waals surface area contributed by atoms with Crippen LogP contribution in [0.25, 0.3) is 0 Å². The molecule has 1 N–H and O–H groups in total. The largest absolute Gasteiger partial charge is 0.497 e. The molecule has 5 nitrogen and oxygen atoms in total. The number of rotatable bonds is 4. The fourth-order valence-corrected chi connectivity index (χ4v) is 2.89. The van der Waals surface area contributed by atoms with Crippen molar-refractivity contribution in [1.82, 2.24) is 0 Å². The van der Waals surface area contributed by atoms with Crippen molar-refractivity contribution in [3.63, 3.8) is 0 Å². The monoisotopic (exact) mass is 351 g/mol. The maximum absolute atomic E-state index is 14.2.